The zero-order valence-electron chi connectivity index (χ0n) is 18.5. The Kier molecular flexibility index (Phi) is 5.31. The van der Waals surface area contributed by atoms with Crippen molar-refractivity contribution in [2.75, 3.05) is 19.7 Å². The first-order valence-electron chi connectivity index (χ1n) is 10.9. The monoisotopic (exact) mass is 461 g/mol. The molecule has 0 unspecified atom stereocenters. The first kappa shape index (κ1) is 21.7. The van der Waals surface area contributed by atoms with Gasteiger partial charge >= 0.3 is 12.1 Å². The Balaban J connectivity index is 1.14. The predicted molar refractivity (Wildman–Crippen MR) is 120 cm³/mol. The lowest BCUT2D eigenvalue weighted by Crippen LogP contribution is -2.60. The Morgan fingerprint density at radius 2 is 1.74 bits per heavy atom. The fourth-order valence-electron chi connectivity index (χ4n) is 4.54. The van der Waals surface area contributed by atoms with Crippen molar-refractivity contribution in [3.05, 3.63) is 77.2 Å². The van der Waals surface area contributed by atoms with Crippen molar-refractivity contribution in [1.82, 2.24) is 15.4 Å². The molecule has 0 bridgehead atoms. The van der Waals surface area contributed by atoms with Crippen LogP contribution in [0.2, 0.25) is 0 Å². The van der Waals surface area contributed by atoms with Gasteiger partial charge < -0.3 is 24.6 Å². The summed E-state index contributed by atoms with van der Waals surface area (Å²) in [7, 11) is 0. The Morgan fingerprint density at radius 1 is 1.12 bits per heavy atom. The number of nitrogens with one attached hydrogen (secondary N) is 1. The Morgan fingerprint density at radius 3 is 2.35 bits per heavy atom. The molecular formula is C25H23N3O6. The van der Waals surface area contributed by atoms with Gasteiger partial charge in [-0.25, -0.2) is 4.79 Å². The highest BCUT2D eigenvalue weighted by molar-refractivity contribution is 5.94. The molecule has 1 saturated heterocycles. The van der Waals surface area contributed by atoms with Crippen LogP contribution in [0.4, 0.5) is 4.79 Å². The summed E-state index contributed by atoms with van der Waals surface area (Å²) in [5.41, 5.74) is 3.68. The summed E-state index contributed by atoms with van der Waals surface area (Å²) in [6.45, 7) is 2.01. The standard InChI is InChI=1S/C25H23N3O6/c1-25(23(30)31)13-28(14-25)22(29)21-10-15(34-27-21)11-26-24(32)33-12-20-18-8-4-2-6-16(18)17-7-3-5-9-19(17)20/h2-10,20H,11-14H2,1H3,(H,26,32)(H,30,31). The van der Waals surface area contributed by atoms with Gasteiger partial charge in [0.15, 0.2) is 11.5 Å². The van der Waals surface area contributed by atoms with E-state index in [1.807, 2.05) is 36.4 Å². The summed E-state index contributed by atoms with van der Waals surface area (Å²) in [6, 6.07) is 17.6. The Hall–Kier alpha value is -4.14. The van der Waals surface area contributed by atoms with Crippen LogP contribution in [-0.2, 0) is 16.1 Å². The fourth-order valence-corrected chi connectivity index (χ4v) is 4.54. The molecule has 9 nitrogen and oxygen atoms in total. The van der Waals surface area contributed by atoms with Gasteiger partial charge in [-0.1, -0.05) is 53.7 Å². The predicted octanol–water partition coefficient (Wildman–Crippen LogP) is 3.26. The number of fused-ring (bicyclic) bond motifs is 3. The van der Waals surface area contributed by atoms with Crippen molar-refractivity contribution < 1.29 is 28.8 Å². The highest BCUT2D eigenvalue weighted by Gasteiger charge is 2.48. The minimum Gasteiger partial charge on any atom is -0.481 e. The molecule has 1 aliphatic heterocycles. The second-order valence-corrected chi connectivity index (χ2v) is 8.88. The van der Waals surface area contributed by atoms with Crippen LogP contribution in [0.25, 0.3) is 11.1 Å². The number of carbonyl (C=O) groups excluding carboxylic acids is 2. The smallest absolute Gasteiger partial charge is 0.407 e. The zero-order valence-corrected chi connectivity index (χ0v) is 18.5. The summed E-state index contributed by atoms with van der Waals surface area (Å²) >= 11 is 0. The van der Waals surface area contributed by atoms with Gasteiger partial charge in [0, 0.05) is 25.1 Å². The molecule has 3 aromatic rings. The fraction of sp³-hybridized carbons (Fsp3) is 0.280. The maximum Gasteiger partial charge on any atom is 0.407 e. The van der Waals surface area contributed by atoms with E-state index in [2.05, 4.69) is 22.6 Å². The highest BCUT2D eigenvalue weighted by atomic mass is 16.5. The number of rotatable bonds is 6. The maximum absolute atomic E-state index is 12.4. The quantitative estimate of drug-likeness (QED) is 0.578. The molecule has 1 aromatic heterocycles. The number of aromatic nitrogens is 1. The van der Waals surface area contributed by atoms with Gasteiger partial charge in [-0.05, 0) is 29.2 Å². The maximum atomic E-state index is 12.4. The van der Waals surface area contributed by atoms with E-state index < -0.39 is 23.4 Å². The minimum absolute atomic E-state index is 0.00377. The van der Waals surface area contributed by atoms with E-state index in [0.717, 1.165) is 22.3 Å². The van der Waals surface area contributed by atoms with Crippen LogP contribution >= 0.6 is 0 Å². The van der Waals surface area contributed by atoms with Crippen molar-refractivity contribution in [3.63, 3.8) is 0 Å². The number of carboxylic acid groups (broad SMARTS) is 1. The Bertz CT molecular complexity index is 1230. The van der Waals surface area contributed by atoms with E-state index in [4.69, 9.17) is 9.26 Å². The van der Waals surface area contributed by atoms with Crippen molar-refractivity contribution in [2.45, 2.75) is 19.4 Å². The number of ether oxygens (including phenoxy) is 1. The Labute approximate surface area is 195 Å². The topological polar surface area (TPSA) is 122 Å². The molecule has 0 spiro atoms. The SMILES string of the molecule is CC1(C(=O)O)CN(C(=O)c2cc(CNC(=O)OCC3c4ccccc4-c4ccccc43)on2)C1. The lowest BCUT2D eigenvalue weighted by molar-refractivity contribution is -0.155. The molecule has 0 atom stereocenters. The van der Waals surface area contributed by atoms with Crippen LogP contribution in [0.1, 0.15) is 40.2 Å². The normalized spacial score (nSPS) is 15.7. The third-order valence-electron chi connectivity index (χ3n) is 6.41. The molecule has 9 heteroatoms. The summed E-state index contributed by atoms with van der Waals surface area (Å²) < 4.78 is 10.6. The number of benzene rings is 2. The van der Waals surface area contributed by atoms with Gasteiger partial charge in [0.05, 0.1) is 6.54 Å². The van der Waals surface area contributed by atoms with Gasteiger partial charge in [0.25, 0.3) is 5.91 Å². The van der Waals surface area contributed by atoms with Crippen molar-refractivity contribution >= 4 is 18.0 Å². The van der Waals surface area contributed by atoms with Crippen molar-refractivity contribution in [1.29, 1.82) is 0 Å². The number of likely N-dealkylation sites (tertiary alicyclic amines) is 1. The van der Waals surface area contributed by atoms with Crippen LogP contribution in [0, 0.1) is 5.41 Å². The number of nitrogens with zero attached hydrogens (tertiary/aromatic N) is 2. The van der Waals surface area contributed by atoms with Gasteiger partial charge in [0.2, 0.25) is 0 Å². The van der Waals surface area contributed by atoms with E-state index in [0.29, 0.717) is 5.76 Å². The average molecular weight is 461 g/mol. The van der Waals surface area contributed by atoms with E-state index >= 15 is 0 Å². The first-order valence-corrected chi connectivity index (χ1v) is 10.9. The van der Waals surface area contributed by atoms with Crippen LogP contribution < -0.4 is 5.32 Å². The summed E-state index contributed by atoms with van der Waals surface area (Å²) in [5, 5.41) is 15.5. The molecule has 1 aliphatic carbocycles. The number of amides is 2. The second-order valence-electron chi connectivity index (χ2n) is 8.88. The van der Waals surface area contributed by atoms with Gasteiger partial charge in [-0.2, -0.15) is 0 Å². The third kappa shape index (κ3) is 3.79. The van der Waals surface area contributed by atoms with E-state index in [1.54, 1.807) is 6.92 Å². The number of alkyl carbamates (subject to hydrolysis) is 1. The van der Waals surface area contributed by atoms with E-state index in [-0.39, 0.29) is 37.9 Å². The van der Waals surface area contributed by atoms with Crippen LogP contribution in [0.3, 0.4) is 0 Å². The largest absolute Gasteiger partial charge is 0.481 e. The molecule has 2 amide bonds. The van der Waals surface area contributed by atoms with Crippen molar-refractivity contribution in [3.8, 4) is 11.1 Å². The lowest BCUT2D eigenvalue weighted by Gasteiger charge is -2.44. The molecule has 2 aliphatic rings. The van der Waals surface area contributed by atoms with Gasteiger partial charge in [-0.15, -0.1) is 0 Å². The number of hydrogen-bond donors (Lipinski definition) is 2. The van der Waals surface area contributed by atoms with Crippen LogP contribution in [0.15, 0.2) is 59.1 Å². The molecule has 2 aromatic carbocycles. The van der Waals surface area contributed by atoms with Crippen LogP contribution in [0.5, 0.6) is 0 Å². The molecule has 2 heterocycles. The molecule has 34 heavy (non-hydrogen) atoms. The zero-order chi connectivity index (χ0) is 23.9. The number of aliphatic carboxylic acids is 1. The molecule has 2 N–H and O–H groups in total. The highest BCUT2D eigenvalue weighted by Crippen LogP contribution is 2.44. The van der Waals surface area contributed by atoms with E-state index in [9.17, 15) is 19.5 Å². The molecular weight excluding hydrogens is 438 g/mol. The summed E-state index contributed by atoms with van der Waals surface area (Å²) in [5.74, 6) is -1.10. The first-order chi connectivity index (χ1) is 16.4. The van der Waals surface area contributed by atoms with E-state index in [1.165, 1.54) is 11.0 Å². The van der Waals surface area contributed by atoms with Crippen molar-refractivity contribution in [2.24, 2.45) is 5.41 Å². The average Bonchev–Trinajstić information content (AvgIpc) is 3.42. The molecule has 0 radical (unpaired) electrons. The molecule has 1 fully saturated rings. The summed E-state index contributed by atoms with van der Waals surface area (Å²) in [4.78, 5) is 37.3. The molecule has 0 saturated carbocycles. The summed E-state index contributed by atoms with van der Waals surface area (Å²) in [6.07, 6.45) is -0.605. The lowest BCUT2D eigenvalue weighted by atomic mass is 9.82. The molecule has 5 rings (SSSR count). The number of carboxylic acids is 1. The van der Waals surface area contributed by atoms with Gasteiger partial charge in [-0.3, -0.25) is 9.59 Å². The minimum atomic E-state index is -0.940. The van der Waals surface area contributed by atoms with Gasteiger partial charge in [0.1, 0.15) is 12.0 Å². The number of carbonyl (C=O) groups is 3. The second kappa shape index (κ2) is 8.33. The third-order valence-corrected chi connectivity index (χ3v) is 6.41. The van der Waals surface area contributed by atoms with Crippen LogP contribution in [-0.4, -0.2) is 52.8 Å². The number of hydrogen-bond acceptors (Lipinski definition) is 6. The molecule has 174 valence electrons.